The molecule has 2 rings (SSSR count). The van der Waals surface area contributed by atoms with Crippen molar-refractivity contribution in [2.75, 3.05) is 33.9 Å². The molecule has 2 atom stereocenters. The van der Waals surface area contributed by atoms with Gasteiger partial charge in [0.05, 0.1) is 26.0 Å². The lowest BCUT2D eigenvalue weighted by molar-refractivity contribution is -0.145. The van der Waals surface area contributed by atoms with Gasteiger partial charge in [-0.05, 0) is 0 Å². The number of rotatable bonds is 7. The fourth-order valence-electron chi connectivity index (χ4n) is 2.51. The van der Waals surface area contributed by atoms with Gasteiger partial charge in [-0.1, -0.05) is 11.2 Å². The highest BCUT2D eigenvalue weighted by molar-refractivity contribution is 6.01. The lowest BCUT2D eigenvalue weighted by atomic mass is 9.99. The van der Waals surface area contributed by atoms with Crippen molar-refractivity contribution < 1.29 is 28.8 Å². The first-order valence-corrected chi connectivity index (χ1v) is 7.34. The topological polar surface area (TPSA) is 110 Å². The van der Waals surface area contributed by atoms with Gasteiger partial charge in [0.15, 0.2) is 6.61 Å². The molecule has 0 radical (unpaired) electrons. The number of methoxy groups -OCH3 is 1. The number of fused-ring (bicyclic) bond motifs is 2. The number of oxime groups is 1. The van der Waals surface area contributed by atoms with Crippen LogP contribution in [0, 0.1) is 0 Å². The second-order valence-corrected chi connectivity index (χ2v) is 5.13. The number of esters is 1. The number of piperidine rings is 1. The molecule has 0 aliphatic carbocycles. The Kier molecular flexibility index (Phi) is 5.74. The van der Waals surface area contributed by atoms with E-state index in [-0.39, 0.29) is 32.1 Å². The number of carbonyl (C=O) groups excluding carboxylic acids is 3. The number of hydroxylamine groups is 2. The van der Waals surface area contributed by atoms with Crippen LogP contribution in [0.4, 0.5) is 4.79 Å². The summed E-state index contributed by atoms with van der Waals surface area (Å²) in [4.78, 5) is 47.3. The van der Waals surface area contributed by atoms with Gasteiger partial charge in [0.25, 0.3) is 5.91 Å². The van der Waals surface area contributed by atoms with Gasteiger partial charge in [0, 0.05) is 13.5 Å². The molecule has 2 fully saturated rings. The first-order chi connectivity index (χ1) is 11.5. The van der Waals surface area contributed by atoms with Crippen molar-refractivity contribution in [2.24, 2.45) is 5.16 Å². The number of hydrogen-bond acceptors (Lipinski definition) is 7. The van der Waals surface area contributed by atoms with Gasteiger partial charge in [-0.15, -0.1) is 6.58 Å². The third-order valence-corrected chi connectivity index (χ3v) is 3.71. The highest BCUT2D eigenvalue weighted by Gasteiger charge is 2.51. The number of urea groups is 1. The summed E-state index contributed by atoms with van der Waals surface area (Å²) in [5.74, 6) is -0.894. The predicted molar refractivity (Wildman–Crippen MR) is 81.8 cm³/mol. The Labute approximate surface area is 138 Å². The average Bonchev–Trinajstić information content (AvgIpc) is 2.87. The number of nitrogens with one attached hydrogen (secondary N) is 1. The molecule has 2 saturated heterocycles. The minimum absolute atomic E-state index is 0.130. The molecular formula is C14H20N4O6. The zero-order valence-corrected chi connectivity index (χ0v) is 13.6. The number of hydrogen-bond donors (Lipinski definition) is 1. The third kappa shape index (κ3) is 3.48. The summed E-state index contributed by atoms with van der Waals surface area (Å²) in [7, 11) is 2.73. The van der Waals surface area contributed by atoms with Gasteiger partial charge < -0.3 is 19.8 Å². The summed E-state index contributed by atoms with van der Waals surface area (Å²) in [6.07, 6.45) is 1.65. The summed E-state index contributed by atoms with van der Waals surface area (Å²) >= 11 is 0. The molecule has 24 heavy (non-hydrogen) atoms. The van der Waals surface area contributed by atoms with E-state index < -0.39 is 24.1 Å². The maximum absolute atomic E-state index is 12.4. The average molecular weight is 340 g/mol. The molecule has 10 nitrogen and oxygen atoms in total. The molecule has 2 heterocycles. The minimum Gasteiger partial charge on any atom is -0.467 e. The molecule has 0 spiro atoms. The first-order valence-electron chi connectivity index (χ1n) is 7.34. The van der Waals surface area contributed by atoms with E-state index in [1.165, 1.54) is 25.1 Å². The zero-order valence-electron chi connectivity index (χ0n) is 13.6. The molecule has 2 bridgehead atoms. The van der Waals surface area contributed by atoms with Crippen LogP contribution in [0.1, 0.15) is 6.42 Å². The Balaban J connectivity index is 2.20. The summed E-state index contributed by atoms with van der Waals surface area (Å²) < 4.78 is 4.75. The van der Waals surface area contributed by atoms with Crippen LogP contribution in [0.5, 0.6) is 0 Å². The van der Waals surface area contributed by atoms with Crippen LogP contribution in [0.3, 0.4) is 0 Å². The number of nitrogens with zero attached hydrogens (tertiary/aromatic N) is 3. The van der Waals surface area contributed by atoms with Crippen LogP contribution in [-0.2, 0) is 24.0 Å². The summed E-state index contributed by atoms with van der Waals surface area (Å²) in [5, 5.41) is 7.48. The van der Waals surface area contributed by atoms with Gasteiger partial charge in [0.1, 0.15) is 12.1 Å². The van der Waals surface area contributed by atoms with E-state index in [1.807, 2.05) is 0 Å². The molecule has 1 N–H and O–H groups in total. The van der Waals surface area contributed by atoms with E-state index in [0.717, 1.165) is 5.06 Å². The number of ether oxygens (including phenoxy) is 1. The lowest BCUT2D eigenvalue weighted by Gasteiger charge is -2.28. The Bertz CT molecular complexity index is 563. The monoisotopic (exact) mass is 340 g/mol. The second kappa shape index (κ2) is 7.77. The second-order valence-electron chi connectivity index (χ2n) is 5.13. The molecule has 2 aliphatic heterocycles. The van der Waals surface area contributed by atoms with Crippen LogP contribution in [0.15, 0.2) is 17.8 Å². The summed E-state index contributed by atoms with van der Waals surface area (Å²) in [6.45, 7) is 3.62. The fraction of sp³-hybridized carbons (Fsp3) is 0.571. The third-order valence-electron chi connectivity index (χ3n) is 3.71. The van der Waals surface area contributed by atoms with Crippen molar-refractivity contribution in [3.8, 4) is 0 Å². The minimum atomic E-state index is -0.807. The Morgan fingerprint density at radius 1 is 1.50 bits per heavy atom. The predicted octanol–water partition coefficient (Wildman–Crippen LogP) is -0.726. The highest BCUT2D eigenvalue weighted by Crippen LogP contribution is 2.29. The van der Waals surface area contributed by atoms with Crippen LogP contribution >= 0.6 is 0 Å². The standard InChI is InChI=1S/C14H20N4O6/c1-4-5-24-18-11-7-17(14(18)21)10(13(20)22-3)6-9(11)16-23-8-12(19)15-2/h4,10-11H,1,5-8H2,2-3H3,(H,15,19)/b16-9-/t10-,11-/m0/s1. The van der Waals surface area contributed by atoms with Crippen LogP contribution < -0.4 is 5.32 Å². The molecule has 0 unspecified atom stereocenters. The number of carbonyl (C=O) groups is 3. The van der Waals surface area contributed by atoms with E-state index >= 15 is 0 Å². The van der Waals surface area contributed by atoms with Crippen molar-refractivity contribution in [1.82, 2.24) is 15.3 Å². The Morgan fingerprint density at radius 2 is 2.25 bits per heavy atom. The smallest absolute Gasteiger partial charge is 0.345 e. The molecular weight excluding hydrogens is 320 g/mol. The molecule has 132 valence electrons. The van der Waals surface area contributed by atoms with Crippen molar-refractivity contribution in [2.45, 2.75) is 18.5 Å². The quantitative estimate of drug-likeness (QED) is 0.372. The number of likely N-dealkylation sites (N-methyl/N-ethyl adjacent to an activating group) is 1. The van der Waals surface area contributed by atoms with Crippen molar-refractivity contribution in [3.05, 3.63) is 12.7 Å². The van der Waals surface area contributed by atoms with Gasteiger partial charge >= 0.3 is 12.0 Å². The van der Waals surface area contributed by atoms with Crippen LogP contribution in [0.25, 0.3) is 0 Å². The normalized spacial score (nSPS) is 24.1. The summed E-state index contributed by atoms with van der Waals surface area (Å²) in [5.41, 5.74) is 0.431. The fourth-order valence-corrected chi connectivity index (χ4v) is 2.51. The molecule has 2 aliphatic rings. The molecule has 0 aromatic rings. The maximum atomic E-state index is 12.4. The van der Waals surface area contributed by atoms with Gasteiger partial charge in [0.2, 0.25) is 0 Å². The molecule has 0 aromatic carbocycles. The molecule has 0 saturated carbocycles. The zero-order chi connectivity index (χ0) is 17.7. The highest BCUT2D eigenvalue weighted by atomic mass is 16.7. The van der Waals surface area contributed by atoms with E-state index in [2.05, 4.69) is 17.1 Å². The van der Waals surface area contributed by atoms with E-state index in [9.17, 15) is 14.4 Å². The molecule has 3 amide bonds. The maximum Gasteiger partial charge on any atom is 0.345 e. The van der Waals surface area contributed by atoms with Crippen molar-refractivity contribution in [1.29, 1.82) is 0 Å². The van der Waals surface area contributed by atoms with Gasteiger partial charge in [-0.2, -0.15) is 5.06 Å². The van der Waals surface area contributed by atoms with E-state index in [0.29, 0.717) is 5.71 Å². The van der Waals surface area contributed by atoms with Gasteiger partial charge in [-0.3, -0.25) is 9.63 Å². The van der Waals surface area contributed by atoms with Crippen molar-refractivity contribution in [3.63, 3.8) is 0 Å². The summed E-state index contributed by atoms with van der Waals surface area (Å²) in [6, 6.07) is -1.75. The van der Waals surface area contributed by atoms with Crippen molar-refractivity contribution >= 4 is 23.6 Å². The molecule has 10 heteroatoms. The van der Waals surface area contributed by atoms with E-state index in [4.69, 9.17) is 14.4 Å². The lowest BCUT2D eigenvalue weighted by Crippen LogP contribution is -2.49. The van der Waals surface area contributed by atoms with E-state index in [1.54, 1.807) is 0 Å². The first kappa shape index (κ1) is 17.7. The number of amides is 3. The molecule has 0 aromatic heterocycles. The largest absolute Gasteiger partial charge is 0.467 e. The van der Waals surface area contributed by atoms with Gasteiger partial charge in [-0.25, -0.2) is 9.59 Å². The Morgan fingerprint density at radius 3 is 2.88 bits per heavy atom. The van der Waals surface area contributed by atoms with Crippen LogP contribution in [-0.4, -0.2) is 79.6 Å². The van der Waals surface area contributed by atoms with Crippen LogP contribution in [0.2, 0.25) is 0 Å². The SMILES string of the molecule is C=CCON1C(=O)N2C[C@H]1/C(=N\OCC(=O)NC)C[C@H]2C(=O)OC. The Hall–Kier alpha value is -2.62.